The number of unbranched alkanes of at least 4 members (excludes halogenated alkanes) is 6. The quantitative estimate of drug-likeness (QED) is 0.493. The lowest BCUT2D eigenvalue weighted by Crippen LogP contribution is -2.25. The van der Waals surface area contributed by atoms with Crippen LogP contribution < -0.4 is 0 Å². The Morgan fingerprint density at radius 1 is 1.00 bits per heavy atom. The second kappa shape index (κ2) is 11.6. The molecule has 0 N–H and O–H groups in total. The molecule has 1 amide bonds. The van der Waals surface area contributed by atoms with Crippen LogP contribution in [0.25, 0.3) is 0 Å². The number of thioether (sulfide) groups is 1. The first-order chi connectivity index (χ1) is 9.34. The summed E-state index contributed by atoms with van der Waals surface area (Å²) < 4.78 is 0. The van der Waals surface area contributed by atoms with Crippen LogP contribution in [-0.4, -0.2) is 35.4 Å². The van der Waals surface area contributed by atoms with Gasteiger partial charge in [-0.05, 0) is 30.8 Å². The molecule has 0 saturated carbocycles. The van der Waals surface area contributed by atoms with Crippen molar-refractivity contribution in [1.82, 2.24) is 4.90 Å². The van der Waals surface area contributed by atoms with Crippen molar-refractivity contribution in [1.29, 1.82) is 0 Å². The number of likely N-dealkylation sites (tertiary alicyclic amines) is 1. The Bertz CT molecular complexity index is 233. The summed E-state index contributed by atoms with van der Waals surface area (Å²) >= 11 is 2.07. The largest absolute Gasteiger partial charge is 0.343 e. The van der Waals surface area contributed by atoms with E-state index in [1.54, 1.807) is 0 Å². The Kier molecular flexibility index (Phi) is 10.3. The van der Waals surface area contributed by atoms with Gasteiger partial charge in [0.2, 0.25) is 5.91 Å². The van der Waals surface area contributed by atoms with Gasteiger partial charge < -0.3 is 4.90 Å². The first kappa shape index (κ1) is 16.9. The van der Waals surface area contributed by atoms with Crippen molar-refractivity contribution in [3.63, 3.8) is 0 Å². The van der Waals surface area contributed by atoms with Crippen molar-refractivity contribution in [2.45, 2.75) is 71.1 Å². The van der Waals surface area contributed by atoms with Crippen molar-refractivity contribution in [2.75, 3.05) is 24.6 Å². The first-order valence-corrected chi connectivity index (χ1v) is 9.35. The monoisotopic (exact) mass is 285 g/mol. The molecule has 1 rings (SSSR count). The maximum absolute atomic E-state index is 11.4. The highest BCUT2D eigenvalue weighted by atomic mass is 32.2. The third-order valence-electron chi connectivity index (χ3n) is 3.78. The van der Waals surface area contributed by atoms with E-state index in [1.165, 1.54) is 62.9 Å². The first-order valence-electron chi connectivity index (χ1n) is 8.20. The molecule has 0 spiro atoms. The van der Waals surface area contributed by atoms with Gasteiger partial charge in [-0.3, -0.25) is 4.79 Å². The lowest BCUT2D eigenvalue weighted by atomic mass is 10.1. The number of amides is 1. The second-order valence-electron chi connectivity index (χ2n) is 5.57. The summed E-state index contributed by atoms with van der Waals surface area (Å²) in [4.78, 5) is 13.4. The van der Waals surface area contributed by atoms with Crippen LogP contribution in [0.5, 0.6) is 0 Å². The van der Waals surface area contributed by atoms with Gasteiger partial charge in [0.15, 0.2) is 0 Å². The number of hydrogen-bond donors (Lipinski definition) is 0. The Balaban J connectivity index is 1.75. The summed E-state index contributed by atoms with van der Waals surface area (Å²) in [6, 6.07) is 0. The van der Waals surface area contributed by atoms with E-state index in [9.17, 15) is 4.79 Å². The van der Waals surface area contributed by atoms with Crippen LogP contribution in [0.2, 0.25) is 0 Å². The SMILES string of the molecule is CCCCCCCCCSCCCN1CCCC1=O. The normalized spacial score (nSPS) is 15.4. The zero-order chi connectivity index (χ0) is 13.8. The molecule has 0 atom stereocenters. The van der Waals surface area contributed by atoms with Crippen molar-refractivity contribution in [2.24, 2.45) is 0 Å². The number of carbonyl (C=O) groups is 1. The second-order valence-corrected chi connectivity index (χ2v) is 6.80. The van der Waals surface area contributed by atoms with Crippen molar-refractivity contribution in [3.8, 4) is 0 Å². The van der Waals surface area contributed by atoms with Crippen LogP contribution in [0.3, 0.4) is 0 Å². The molecule has 1 aliphatic rings. The molecule has 2 nitrogen and oxygen atoms in total. The molecule has 0 bridgehead atoms. The lowest BCUT2D eigenvalue weighted by Gasteiger charge is -2.14. The molecular weight excluding hydrogens is 254 g/mol. The molecule has 1 aliphatic heterocycles. The van der Waals surface area contributed by atoms with Gasteiger partial charge in [0.25, 0.3) is 0 Å². The molecule has 0 unspecified atom stereocenters. The Hall–Kier alpha value is -0.180. The van der Waals surface area contributed by atoms with E-state index in [2.05, 4.69) is 18.7 Å². The fourth-order valence-electron chi connectivity index (χ4n) is 2.56. The van der Waals surface area contributed by atoms with Gasteiger partial charge in [-0.15, -0.1) is 0 Å². The molecule has 1 heterocycles. The average Bonchev–Trinajstić information content (AvgIpc) is 2.82. The summed E-state index contributed by atoms with van der Waals surface area (Å²) in [7, 11) is 0. The third kappa shape index (κ3) is 8.56. The summed E-state index contributed by atoms with van der Waals surface area (Å²) in [5, 5.41) is 0. The Morgan fingerprint density at radius 3 is 2.37 bits per heavy atom. The van der Waals surface area contributed by atoms with Crippen LogP contribution in [0.15, 0.2) is 0 Å². The molecule has 0 aromatic heterocycles. The average molecular weight is 285 g/mol. The minimum Gasteiger partial charge on any atom is -0.343 e. The number of rotatable bonds is 12. The summed E-state index contributed by atoms with van der Waals surface area (Å²) in [6.07, 6.45) is 12.8. The summed E-state index contributed by atoms with van der Waals surface area (Å²) in [5.41, 5.74) is 0. The maximum Gasteiger partial charge on any atom is 0.222 e. The standard InChI is InChI=1S/C16H31NOS/c1-2-3-4-5-6-7-8-14-19-15-10-13-17-12-9-11-16(17)18/h2-15H2,1H3. The molecule has 112 valence electrons. The van der Waals surface area contributed by atoms with E-state index in [1.807, 2.05) is 4.90 Å². The smallest absolute Gasteiger partial charge is 0.222 e. The number of hydrogen-bond acceptors (Lipinski definition) is 2. The van der Waals surface area contributed by atoms with Crippen LogP contribution in [0.1, 0.15) is 71.1 Å². The number of nitrogens with zero attached hydrogens (tertiary/aromatic N) is 1. The molecule has 0 aliphatic carbocycles. The molecule has 0 aromatic carbocycles. The van der Waals surface area contributed by atoms with Gasteiger partial charge in [0, 0.05) is 19.5 Å². The Labute approximate surface area is 123 Å². The fraction of sp³-hybridized carbons (Fsp3) is 0.938. The van der Waals surface area contributed by atoms with Gasteiger partial charge in [-0.1, -0.05) is 45.4 Å². The van der Waals surface area contributed by atoms with Crippen molar-refractivity contribution < 1.29 is 4.79 Å². The Morgan fingerprint density at radius 2 is 1.68 bits per heavy atom. The third-order valence-corrected chi connectivity index (χ3v) is 4.94. The molecule has 1 saturated heterocycles. The molecule has 19 heavy (non-hydrogen) atoms. The van der Waals surface area contributed by atoms with E-state index < -0.39 is 0 Å². The van der Waals surface area contributed by atoms with Crippen LogP contribution in [0.4, 0.5) is 0 Å². The summed E-state index contributed by atoms with van der Waals surface area (Å²) in [5.74, 6) is 2.90. The van der Waals surface area contributed by atoms with Gasteiger partial charge in [0.05, 0.1) is 0 Å². The van der Waals surface area contributed by atoms with E-state index in [0.29, 0.717) is 5.91 Å². The van der Waals surface area contributed by atoms with E-state index in [4.69, 9.17) is 0 Å². The van der Waals surface area contributed by atoms with Gasteiger partial charge >= 0.3 is 0 Å². The zero-order valence-corrected chi connectivity index (χ0v) is 13.5. The zero-order valence-electron chi connectivity index (χ0n) is 12.7. The van der Waals surface area contributed by atoms with Gasteiger partial charge in [-0.2, -0.15) is 11.8 Å². The molecule has 0 radical (unpaired) electrons. The fourth-order valence-corrected chi connectivity index (χ4v) is 3.51. The minimum atomic E-state index is 0.372. The van der Waals surface area contributed by atoms with Crippen LogP contribution in [-0.2, 0) is 4.79 Å². The predicted molar refractivity (Wildman–Crippen MR) is 85.7 cm³/mol. The van der Waals surface area contributed by atoms with E-state index >= 15 is 0 Å². The van der Waals surface area contributed by atoms with Crippen molar-refractivity contribution in [3.05, 3.63) is 0 Å². The number of carbonyl (C=O) groups excluding carboxylic acids is 1. The summed E-state index contributed by atoms with van der Waals surface area (Å²) in [6.45, 7) is 4.26. The van der Waals surface area contributed by atoms with Crippen LogP contribution in [0, 0.1) is 0 Å². The molecule has 0 aromatic rings. The van der Waals surface area contributed by atoms with Gasteiger partial charge in [-0.25, -0.2) is 0 Å². The van der Waals surface area contributed by atoms with Crippen molar-refractivity contribution >= 4 is 17.7 Å². The minimum absolute atomic E-state index is 0.372. The highest BCUT2D eigenvalue weighted by molar-refractivity contribution is 7.99. The van der Waals surface area contributed by atoms with E-state index in [-0.39, 0.29) is 0 Å². The van der Waals surface area contributed by atoms with E-state index in [0.717, 1.165) is 25.9 Å². The predicted octanol–water partition coefficient (Wildman–Crippen LogP) is 4.48. The van der Waals surface area contributed by atoms with Crippen LogP contribution >= 0.6 is 11.8 Å². The molecule has 1 fully saturated rings. The maximum atomic E-state index is 11.4. The lowest BCUT2D eigenvalue weighted by molar-refractivity contribution is -0.127. The molecular formula is C16H31NOS. The topological polar surface area (TPSA) is 20.3 Å². The highest BCUT2D eigenvalue weighted by Gasteiger charge is 2.18. The molecule has 3 heteroatoms. The van der Waals surface area contributed by atoms with Gasteiger partial charge in [0.1, 0.15) is 0 Å². The highest BCUT2D eigenvalue weighted by Crippen LogP contribution is 2.13.